The number of hydrogen-bond donors (Lipinski definition) is 1. The molecule has 1 N–H and O–H groups in total. The van der Waals surface area contributed by atoms with Crippen molar-refractivity contribution in [3.8, 4) is 5.88 Å². The number of H-pyrrole nitrogens is 1. The Morgan fingerprint density at radius 2 is 2.50 bits per heavy atom. The lowest BCUT2D eigenvalue weighted by atomic mass is 10.3. The largest absolute Gasteiger partial charge is 0.409 e. The predicted molar refractivity (Wildman–Crippen MR) is 40.6 cm³/mol. The average molecular weight is 163 g/mol. The summed E-state index contributed by atoms with van der Waals surface area (Å²) in [7, 11) is 0. The van der Waals surface area contributed by atoms with Crippen molar-refractivity contribution in [1.82, 2.24) is 15.2 Å². The molecule has 12 heavy (non-hydrogen) atoms. The average Bonchev–Trinajstić information content (AvgIpc) is 2.53. The Labute approximate surface area is 67.4 Å². The van der Waals surface area contributed by atoms with E-state index < -0.39 is 0 Å². The second-order valence-electron chi connectivity index (χ2n) is 2.16. The van der Waals surface area contributed by atoms with Gasteiger partial charge in [-0.1, -0.05) is 0 Å². The predicted octanol–water partition coefficient (Wildman–Crippen LogP) is 0.493. The van der Waals surface area contributed by atoms with Crippen LogP contribution in [0.2, 0.25) is 0 Å². The summed E-state index contributed by atoms with van der Waals surface area (Å²) in [6, 6.07) is 1.75. The van der Waals surface area contributed by atoms with E-state index in [-0.39, 0.29) is 5.88 Å². The van der Waals surface area contributed by atoms with Gasteiger partial charge in [0, 0.05) is 6.20 Å². The van der Waals surface area contributed by atoms with Gasteiger partial charge in [0.25, 0.3) is 6.47 Å². The lowest BCUT2D eigenvalue weighted by Gasteiger charge is -1.95. The van der Waals surface area contributed by atoms with Crippen molar-refractivity contribution in [2.24, 2.45) is 0 Å². The Bertz CT molecular complexity index is 410. The molecule has 0 spiro atoms. The van der Waals surface area contributed by atoms with Gasteiger partial charge in [0.1, 0.15) is 0 Å². The van der Waals surface area contributed by atoms with Gasteiger partial charge in [-0.3, -0.25) is 9.89 Å². The Morgan fingerprint density at radius 1 is 1.58 bits per heavy atom. The molecule has 60 valence electrons. The summed E-state index contributed by atoms with van der Waals surface area (Å²) in [6.45, 7) is 0.342. The Hall–Kier alpha value is -1.91. The van der Waals surface area contributed by atoms with Crippen molar-refractivity contribution >= 4 is 17.4 Å². The zero-order valence-corrected chi connectivity index (χ0v) is 6.02. The maximum absolute atomic E-state index is 10.0. The summed E-state index contributed by atoms with van der Waals surface area (Å²) >= 11 is 0. The van der Waals surface area contributed by atoms with Crippen LogP contribution in [0, 0.1) is 0 Å². The first-order valence-electron chi connectivity index (χ1n) is 3.30. The van der Waals surface area contributed by atoms with Crippen molar-refractivity contribution in [3.05, 3.63) is 18.5 Å². The third-order valence-corrected chi connectivity index (χ3v) is 1.49. The number of pyridine rings is 1. The number of fused-ring (bicyclic) bond motifs is 1. The van der Waals surface area contributed by atoms with Gasteiger partial charge in [0.2, 0.25) is 5.88 Å². The number of nitrogens with one attached hydrogen (secondary N) is 1. The van der Waals surface area contributed by atoms with Crippen LogP contribution in [0.5, 0.6) is 5.88 Å². The molecule has 2 rings (SSSR count). The van der Waals surface area contributed by atoms with E-state index in [0.717, 1.165) is 5.52 Å². The van der Waals surface area contributed by atoms with Crippen molar-refractivity contribution in [2.75, 3.05) is 0 Å². The van der Waals surface area contributed by atoms with Gasteiger partial charge >= 0.3 is 0 Å². The Kier molecular flexibility index (Phi) is 1.48. The summed E-state index contributed by atoms with van der Waals surface area (Å²) in [6.07, 6.45) is 3.10. The van der Waals surface area contributed by atoms with E-state index in [1.54, 1.807) is 18.5 Å². The van der Waals surface area contributed by atoms with E-state index in [1.165, 1.54) is 0 Å². The molecule has 0 aliphatic heterocycles. The molecule has 0 aliphatic rings. The molecule has 0 atom stereocenters. The van der Waals surface area contributed by atoms with Crippen molar-refractivity contribution in [2.45, 2.75) is 0 Å². The van der Waals surface area contributed by atoms with Gasteiger partial charge in [-0.2, -0.15) is 5.10 Å². The fourth-order valence-corrected chi connectivity index (χ4v) is 0.982. The fraction of sp³-hybridized carbons (Fsp3) is 0. The Balaban J connectivity index is 2.65. The molecule has 0 amide bonds. The number of carbonyl (C=O) groups is 1. The van der Waals surface area contributed by atoms with Crippen LogP contribution in [0.1, 0.15) is 0 Å². The monoisotopic (exact) mass is 163 g/mol. The molecule has 2 aromatic heterocycles. The quantitative estimate of drug-likeness (QED) is 0.654. The van der Waals surface area contributed by atoms with Crippen LogP contribution in [0.25, 0.3) is 10.9 Å². The topological polar surface area (TPSA) is 67.9 Å². The van der Waals surface area contributed by atoms with E-state index in [1.807, 2.05) is 0 Å². The van der Waals surface area contributed by atoms with E-state index in [2.05, 4.69) is 19.9 Å². The lowest BCUT2D eigenvalue weighted by Crippen LogP contribution is -1.91. The molecule has 0 saturated carbocycles. The van der Waals surface area contributed by atoms with Gasteiger partial charge in [-0.25, -0.2) is 4.98 Å². The van der Waals surface area contributed by atoms with E-state index >= 15 is 0 Å². The molecule has 0 fully saturated rings. The summed E-state index contributed by atoms with van der Waals surface area (Å²) in [5.41, 5.74) is 0.793. The van der Waals surface area contributed by atoms with Gasteiger partial charge in [0.15, 0.2) is 0 Å². The molecule has 2 heterocycles. The second-order valence-corrected chi connectivity index (χ2v) is 2.16. The van der Waals surface area contributed by atoms with E-state index in [0.29, 0.717) is 11.9 Å². The molecule has 0 aromatic carbocycles. The minimum absolute atomic E-state index is 0.274. The normalized spacial score (nSPS) is 10.0. The maximum atomic E-state index is 10.0. The van der Waals surface area contributed by atoms with Crippen molar-refractivity contribution in [3.63, 3.8) is 0 Å². The third-order valence-electron chi connectivity index (χ3n) is 1.49. The fourth-order valence-electron chi connectivity index (χ4n) is 0.982. The van der Waals surface area contributed by atoms with Gasteiger partial charge in [0.05, 0.1) is 17.1 Å². The molecule has 0 bridgehead atoms. The van der Waals surface area contributed by atoms with Crippen LogP contribution < -0.4 is 4.74 Å². The standard InChI is InChI=1S/C7H5N3O2/c11-4-12-7-5-3-9-10-6(5)1-2-8-7/h1-4H,(H,9,10). The number of carbonyl (C=O) groups excluding carboxylic acids is 1. The van der Waals surface area contributed by atoms with Crippen LogP contribution in [0.4, 0.5) is 0 Å². The summed E-state index contributed by atoms with van der Waals surface area (Å²) in [5.74, 6) is 0.274. The number of rotatable bonds is 2. The molecular formula is C7H5N3O2. The third kappa shape index (κ3) is 0.914. The summed E-state index contributed by atoms with van der Waals surface area (Å²) in [5, 5.41) is 7.21. The zero-order valence-electron chi connectivity index (χ0n) is 6.02. The van der Waals surface area contributed by atoms with Gasteiger partial charge in [-0.05, 0) is 6.07 Å². The molecule has 0 unspecified atom stereocenters. The van der Waals surface area contributed by atoms with E-state index in [9.17, 15) is 4.79 Å². The van der Waals surface area contributed by atoms with Crippen molar-refractivity contribution < 1.29 is 9.53 Å². The van der Waals surface area contributed by atoms with Crippen LogP contribution >= 0.6 is 0 Å². The lowest BCUT2D eigenvalue weighted by molar-refractivity contribution is -0.120. The molecule has 5 heteroatoms. The molecular weight excluding hydrogens is 158 g/mol. The first-order valence-corrected chi connectivity index (χ1v) is 3.30. The highest BCUT2D eigenvalue weighted by atomic mass is 16.5. The highest BCUT2D eigenvalue weighted by Gasteiger charge is 2.03. The number of ether oxygens (including phenoxy) is 1. The first kappa shape index (κ1) is 6.78. The van der Waals surface area contributed by atoms with Crippen LogP contribution in [-0.2, 0) is 4.79 Å². The minimum Gasteiger partial charge on any atom is -0.409 e. The SMILES string of the molecule is O=COc1nccc2[nH]ncc12. The molecule has 0 saturated heterocycles. The van der Waals surface area contributed by atoms with Gasteiger partial charge < -0.3 is 4.74 Å². The summed E-state index contributed by atoms with van der Waals surface area (Å²) < 4.78 is 4.63. The van der Waals surface area contributed by atoms with Crippen molar-refractivity contribution in [1.29, 1.82) is 0 Å². The number of aromatic amines is 1. The second kappa shape index (κ2) is 2.61. The number of nitrogens with zero attached hydrogens (tertiary/aromatic N) is 2. The number of aromatic nitrogens is 3. The van der Waals surface area contributed by atoms with E-state index in [4.69, 9.17) is 0 Å². The minimum atomic E-state index is 0.274. The molecule has 0 aliphatic carbocycles. The smallest absolute Gasteiger partial charge is 0.299 e. The van der Waals surface area contributed by atoms with Crippen LogP contribution in [0.3, 0.4) is 0 Å². The highest BCUT2D eigenvalue weighted by molar-refractivity contribution is 5.83. The molecule has 0 radical (unpaired) electrons. The zero-order chi connectivity index (χ0) is 8.39. The van der Waals surface area contributed by atoms with Crippen LogP contribution in [-0.4, -0.2) is 21.7 Å². The molecule has 5 nitrogen and oxygen atoms in total. The van der Waals surface area contributed by atoms with Crippen LogP contribution in [0.15, 0.2) is 18.5 Å². The number of hydrogen-bond acceptors (Lipinski definition) is 4. The Morgan fingerprint density at radius 3 is 3.33 bits per heavy atom. The van der Waals surface area contributed by atoms with Gasteiger partial charge in [-0.15, -0.1) is 0 Å². The highest BCUT2D eigenvalue weighted by Crippen LogP contribution is 2.19. The molecule has 2 aromatic rings. The maximum Gasteiger partial charge on any atom is 0.299 e. The summed E-state index contributed by atoms with van der Waals surface area (Å²) in [4.78, 5) is 13.9. The first-order chi connectivity index (χ1) is 5.92.